The molecule has 0 saturated carbocycles. The van der Waals surface area contributed by atoms with Gasteiger partial charge in [0.2, 0.25) is 0 Å². The lowest BCUT2D eigenvalue weighted by atomic mass is 10.2. The van der Waals surface area contributed by atoms with Gasteiger partial charge in [-0.3, -0.25) is 0 Å². The molecule has 2 aromatic rings. The first kappa shape index (κ1) is 16.0. The molecule has 0 atom stereocenters. The van der Waals surface area contributed by atoms with Gasteiger partial charge in [0.25, 0.3) is 0 Å². The molecule has 0 spiro atoms. The number of rotatable bonds is 3. The van der Waals surface area contributed by atoms with Gasteiger partial charge < -0.3 is 14.9 Å². The van der Waals surface area contributed by atoms with Crippen molar-refractivity contribution in [3.05, 3.63) is 47.6 Å². The van der Waals surface area contributed by atoms with Crippen molar-refractivity contribution >= 4 is 35.1 Å². The zero-order valence-electron chi connectivity index (χ0n) is 12.4. The summed E-state index contributed by atoms with van der Waals surface area (Å²) in [7, 11) is 0. The predicted molar refractivity (Wildman–Crippen MR) is 91.6 cm³/mol. The molecule has 1 fully saturated rings. The van der Waals surface area contributed by atoms with Crippen LogP contribution in [0.25, 0.3) is 0 Å². The Balaban J connectivity index is 1.64. The topological polar surface area (TPSA) is 56.7 Å². The molecular formula is C16H16ClN3O2S. The Morgan fingerprint density at radius 2 is 1.83 bits per heavy atom. The van der Waals surface area contributed by atoms with Gasteiger partial charge in [-0.05, 0) is 36.4 Å². The van der Waals surface area contributed by atoms with Crippen LogP contribution in [0.2, 0.25) is 5.02 Å². The van der Waals surface area contributed by atoms with E-state index in [1.165, 1.54) is 16.7 Å². The molecule has 3 rings (SSSR count). The van der Waals surface area contributed by atoms with Gasteiger partial charge in [-0.2, -0.15) is 0 Å². The summed E-state index contributed by atoms with van der Waals surface area (Å²) in [5.41, 5.74) is 1.10. The Hall–Kier alpha value is -1.92. The lowest BCUT2D eigenvalue weighted by Gasteiger charge is -2.34. The molecule has 2 heterocycles. The molecule has 23 heavy (non-hydrogen) atoms. The zero-order valence-corrected chi connectivity index (χ0v) is 13.9. The summed E-state index contributed by atoms with van der Waals surface area (Å²) in [6.45, 7) is 2.50. The van der Waals surface area contributed by atoms with E-state index in [0.717, 1.165) is 15.6 Å². The number of hydrogen-bond acceptors (Lipinski definition) is 4. The molecular weight excluding hydrogens is 334 g/mol. The molecule has 1 aromatic heterocycles. The summed E-state index contributed by atoms with van der Waals surface area (Å²) in [6, 6.07) is 11.8. The second kappa shape index (κ2) is 7.10. The third-order valence-electron chi connectivity index (χ3n) is 3.69. The molecule has 1 amide bonds. The van der Waals surface area contributed by atoms with Crippen LogP contribution in [0.4, 0.5) is 10.5 Å². The second-order valence-corrected chi connectivity index (χ2v) is 6.61. The minimum absolute atomic E-state index is 0.537. The van der Waals surface area contributed by atoms with Crippen LogP contribution in [0.1, 0.15) is 0 Å². The number of pyridine rings is 1. The zero-order chi connectivity index (χ0) is 16.2. The monoisotopic (exact) mass is 349 g/mol. The first-order valence-electron chi connectivity index (χ1n) is 7.25. The van der Waals surface area contributed by atoms with Crippen molar-refractivity contribution in [3.8, 4) is 0 Å². The molecule has 120 valence electrons. The van der Waals surface area contributed by atoms with Crippen LogP contribution in [0.3, 0.4) is 0 Å². The van der Waals surface area contributed by atoms with Crippen molar-refractivity contribution in [1.29, 1.82) is 0 Å². The number of anilines is 1. The molecule has 0 aliphatic carbocycles. The van der Waals surface area contributed by atoms with Crippen molar-refractivity contribution in [1.82, 2.24) is 9.88 Å². The van der Waals surface area contributed by atoms with Crippen molar-refractivity contribution in [2.75, 3.05) is 31.1 Å². The summed E-state index contributed by atoms with van der Waals surface area (Å²) >= 11 is 7.65. The van der Waals surface area contributed by atoms with Crippen LogP contribution in [-0.4, -0.2) is 47.3 Å². The number of benzene rings is 1. The quantitative estimate of drug-likeness (QED) is 0.915. The van der Waals surface area contributed by atoms with Crippen molar-refractivity contribution < 1.29 is 9.90 Å². The van der Waals surface area contributed by atoms with E-state index in [1.54, 1.807) is 6.20 Å². The van der Waals surface area contributed by atoms with E-state index < -0.39 is 6.09 Å². The predicted octanol–water partition coefficient (Wildman–Crippen LogP) is 3.69. The molecule has 0 radical (unpaired) electrons. The number of nitrogens with zero attached hydrogens (tertiary/aromatic N) is 3. The molecule has 1 saturated heterocycles. The van der Waals surface area contributed by atoms with Crippen LogP contribution >= 0.6 is 23.4 Å². The molecule has 0 unspecified atom stereocenters. The molecule has 1 aliphatic rings. The molecule has 0 bridgehead atoms. The van der Waals surface area contributed by atoms with Gasteiger partial charge in [0.1, 0.15) is 5.03 Å². The number of halogens is 1. The van der Waals surface area contributed by atoms with E-state index in [2.05, 4.69) is 22.0 Å². The molecule has 1 aromatic carbocycles. The van der Waals surface area contributed by atoms with Crippen LogP contribution in [0, 0.1) is 0 Å². The number of carboxylic acid groups (broad SMARTS) is 1. The van der Waals surface area contributed by atoms with Crippen LogP contribution in [0.5, 0.6) is 0 Å². The standard InChI is InChI=1S/C16H16ClN3O2S/c17-14-2-1-7-18-15(14)23-13-5-3-12(4-6-13)19-8-10-20(11-9-19)16(21)22/h1-7H,8-11H2,(H,21,22). The summed E-state index contributed by atoms with van der Waals surface area (Å²) in [4.78, 5) is 19.9. The summed E-state index contributed by atoms with van der Waals surface area (Å²) in [5.74, 6) is 0. The van der Waals surface area contributed by atoms with Crippen molar-refractivity contribution in [3.63, 3.8) is 0 Å². The summed E-state index contributed by atoms with van der Waals surface area (Å²) < 4.78 is 0. The van der Waals surface area contributed by atoms with Gasteiger partial charge >= 0.3 is 6.09 Å². The molecule has 1 aliphatic heterocycles. The fraction of sp³-hybridized carbons (Fsp3) is 0.250. The van der Waals surface area contributed by atoms with Crippen LogP contribution in [-0.2, 0) is 0 Å². The van der Waals surface area contributed by atoms with E-state index >= 15 is 0 Å². The fourth-order valence-electron chi connectivity index (χ4n) is 2.44. The lowest BCUT2D eigenvalue weighted by molar-refractivity contribution is 0.142. The van der Waals surface area contributed by atoms with Crippen molar-refractivity contribution in [2.24, 2.45) is 0 Å². The highest BCUT2D eigenvalue weighted by molar-refractivity contribution is 7.99. The Morgan fingerprint density at radius 3 is 2.43 bits per heavy atom. The van der Waals surface area contributed by atoms with E-state index in [4.69, 9.17) is 16.7 Å². The van der Waals surface area contributed by atoms with E-state index in [1.807, 2.05) is 24.3 Å². The Kier molecular flexibility index (Phi) is 4.93. The third kappa shape index (κ3) is 3.89. The second-order valence-electron chi connectivity index (χ2n) is 5.14. The van der Waals surface area contributed by atoms with Gasteiger partial charge in [0.05, 0.1) is 5.02 Å². The molecule has 5 nitrogen and oxygen atoms in total. The maximum Gasteiger partial charge on any atom is 0.407 e. The molecule has 1 N–H and O–H groups in total. The number of carbonyl (C=O) groups is 1. The Labute approximate surface area is 143 Å². The largest absolute Gasteiger partial charge is 0.465 e. The minimum Gasteiger partial charge on any atom is -0.465 e. The first-order chi connectivity index (χ1) is 11.1. The number of amides is 1. The normalized spacial score (nSPS) is 14.8. The van der Waals surface area contributed by atoms with E-state index in [9.17, 15) is 4.79 Å². The van der Waals surface area contributed by atoms with Gasteiger partial charge in [-0.25, -0.2) is 9.78 Å². The van der Waals surface area contributed by atoms with Gasteiger partial charge in [-0.15, -0.1) is 0 Å². The van der Waals surface area contributed by atoms with E-state index in [-0.39, 0.29) is 0 Å². The lowest BCUT2D eigenvalue weighted by Crippen LogP contribution is -2.48. The van der Waals surface area contributed by atoms with Gasteiger partial charge in [0, 0.05) is 43.0 Å². The SMILES string of the molecule is O=C(O)N1CCN(c2ccc(Sc3ncccc3Cl)cc2)CC1. The maximum absolute atomic E-state index is 10.9. The number of hydrogen-bond donors (Lipinski definition) is 1. The highest BCUT2D eigenvalue weighted by Gasteiger charge is 2.20. The minimum atomic E-state index is -0.844. The molecule has 7 heteroatoms. The summed E-state index contributed by atoms with van der Waals surface area (Å²) in [5, 5.41) is 10.4. The Morgan fingerprint density at radius 1 is 1.13 bits per heavy atom. The van der Waals surface area contributed by atoms with Crippen LogP contribution in [0.15, 0.2) is 52.5 Å². The first-order valence-corrected chi connectivity index (χ1v) is 8.44. The summed E-state index contributed by atoms with van der Waals surface area (Å²) in [6.07, 6.45) is 0.883. The van der Waals surface area contributed by atoms with Crippen LogP contribution < -0.4 is 4.90 Å². The average molecular weight is 350 g/mol. The smallest absolute Gasteiger partial charge is 0.407 e. The average Bonchev–Trinajstić information content (AvgIpc) is 2.58. The third-order valence-corrected chi connectivity index (χ3v) is 5.13. The van der Waals surface area contributed by atoms with Gasteiger partial charge in [0.15, 0.2) is 0 Å². The number of aromatic nitrogens is 1. The highest BCUT2D eigenvalue weighted by Crippen LogP contribution is 2.32. The number of piperazine rings is 1. The fourth-order valence-corrected chi connectivity index (χ4v) is 3.45. The Bertz CT molecular complexity index is 688. The van der Waals surface area contributed by atoms with Crippen molar-refractivity contribution in [2.45, 2.75) is 9.92 Å². The van der Waals surface area contributed by atoms with Gasteiger partial charge in [-0.1, -0.05) is 23.4 Å². The maximum atomic E-state index is 10.9. The highest BCUT2D eigenvalue weighted by atomic mass is 35.5. The van der Waals surface area contributed by atoms with E-state index in [0.29, 0.717) is 31.2 Å².